The topological polar surface area (TPSA) is 68.4 Å². The molecule has 0 aliphatic carbocycles. The van der Waals surface area contributed by atoms with Gasteiger partial charge in [0.2, 0.25) is 11.7 Å². The number of carbonyl (C=O) groups is 1. The minimum atomic E-state index is -4.44. The van der Waals surface area contributed by atoms with Crippen LogP contribution in [0.2, 0.25) is 0 Å². The Labute approximate surface area is 168 Å². The molecule has 4 aromatic rings. The van der Waals surface area contributed by atoms with Crippen LogP contribution in [-0.4, -0.2) is 19.9 Å². The maximum Gasteiger partial charge on any atom is 0.416 e. The van der Waals surface area contributed by atoms with Gasteiger partial charge in [0, 0.05) is 17.4 Å². The normalized spacial score (nSPS) is 11.9. The first kappa shape index (κ1) is 19.7. The summed E-state index contributed by atoms with van der Waals surface area (Å²) in [5.41, 5.74) is 1.08. The highest BCUT2D eigenvalue weighted by molar-refractivity contribution is 5.92. The van der Waals surface area contributed by atoms with Crippen molar-refractivity contribution < 1.29 is 18.0 Å². The SMILES string of the molecule is CCc1cc(=O)n2c3ccccc3n(CC(=O)Nc3ccc(C(F)(F)F)cc3)c2n1. The first-order valence-electron chi connectivity index (χ1n) is 9.25. The average molecular weight is 414 g/mol. The molecular formula is C21H17F3N4O2. The zero-order chi connectivity index (χ0) is 21.5. The van der Waals surface area contributed by atoms with E-state index in [4.69, 9.17) is 0 Å². The molecule has 1 amide bonds. The molecule has 4 rings (SSSR count). The van der Waals surface area contributed by atoms with Gasteiger partial charge in [-0.1, -0.05) is 19.1 Å². The molecular weight excluding hydrogens is 397 g/mol. The molecule has 0 aliphatic rings. The van der Waals surface area contributed by atoms with E-state index in [0.29, 0.717) is 28.9 Å². The van der Waals surface area contributed by atoms with Gasteiger partial charge < -0.3 is 9.88 Å². The van der Waals surface area contributed by atoms with E-state index in [0.717, 1.165) is 12.1 Å². The van der Waals surface area contributed by atoms with Crippen LogP contribution in [0.4, 0.5) is 18.9 Å². The molecule has 0 saturated carbocycles. The van der Waals surface area contributed by atoms with Gasteiger partial charge in [0.15, 0.2) is 0 Å². The Morgan fingerprint density at radius 3 is 2.37 bits per heavy atom. The summed E-state index contributed by atoms with van der Waals surface area (Å²) in [6.45, 7) is 1.72. The second-order valence-electron chi connectivity index (χ2n) is 6.77. The maximum atomic E-state index is 12.7. The number of aromatic nitrogens is 3. The van der Waals surface area contributed by atoms with E-state index in [2.05, 4.69) is 10.3 Å². The van der Waals surface area contributed by atoms with Gasteiger partial charge in [0.1, 0.15) is 6.54 Å². The van der Waals surface area contributed by atoms with Gasteiger partial charge in [0.05, 0.1) is 16.6 Å². The molecule has 30 heavy (non-hydrogen) atoms. The van der Waals surface area contributed by atoms with E-state index in [1.165, 1.54) is 22.6 Å². The molecule has 0 atom stereocenters. The van der Waals surface area contributed by atoms with Crippen LogP contribution in [0.1, 0.15) is 18.2 Å². The Hall–Kier alpha value is -3.62. The number of rotatable bonds is 4. The second kappa shape index (κ2) is 7.33. The number of aryl methyl sites for hydroxylation is 1. The number of nitrogens with one attached hydrogen (secondary N) is 1. The van der Waals surface area contributed by atoms with Crippen LogP contribution in [-0.2, 0) is 23.9 Å². The molecule has 2 aromatic heterocycles. The second-order valence-corrected chi connectivity index (χ2v) is 6.77. The van der Waals surface area contributed by atoms with Gasteiger partial charge in [-0.05, 0) is 42.8 Å². The molecule has 0 unspecified atom stereocenters. The fourth-order valence-electron chi connectivity index (χ4n) is 3.34. The Kier molecular flexibility index (Phi) is 4.81. The zero-order valence-corrected chi connectivity index (χ0v) is 15.9. The minimum absolute atomic E-state index is 0.155. The predicted octanol–water partition coefficient (Wildman–Crippen LogP) is 3.87. The molecule has 0 fully saturated rings. The van der Waals surface area contributed by atoms with Gasteiger partial charge in [-0.15, -0.1) is 0 Å². The van der Waals surface area contributed by atoms with Crippen LogP contribution in [0.3, 0.4) is 0 Å². The third-order valence-electron chi connectivity index (χ3n) is 4.77. The van der Waals surface area contributed by atoms with Crippen molar-refractivity contribution in [1.29, 1.82) is 0 Å². The summed E-state index contributed by atoms with van der Waals surface area (Å²) in [6, 6.07) is 12.8. The Morgan fingerprint density at radius 2 is 1.73 bits per heavy atom. The predicted molar refractivity (Wildman–Crippen MR) is 106 cm³/mol. The highest BCUT2D eigenvalue weighted by Gasteiger charge is 2.30. The summed E-state index contributed by atoms with van der Waals surface area (Å²) in [6.07, 6.45) is -3.88. The average Bonchev–Trinajstić information content (AvgIpc) is 3.01. The zero-order valence-electron chi connectivity index (χ0n) is 15.9. The van der Waals surface area contributed by atoms with Crippen molar-refractivity contribution in [2.75, 3.05) is 5.32 Å². The van der Waals surface area contributed by atoms with E-state index in [9.17, 15) is 22.8 Å². The fraction of sp³-hybridized carbons (Fsp3) is 0.190. The number of halogens is 3. The van der Waals surface area contributed by atoms with E-state index in [1.54, 1.807) is 28.8 Å². The molecule has 0 bridgehead atoms. The van der Waals surface area contributed by atoms with Crippen LogP contribution >= 0.6 is 0 Å². The Balaban J connectivity index is 1.70. The maximum absolute atomic E-state index is 12.7. The standard InChI is InChI=1S/C21H17F3N4O2/c1-2-14-11-19(30)28-17-6-4-3-5-16(17)27(20(28)26-14)12-18(29)25-15-9-7-13(8-10-15)21(22,23)24/h3-11H,2,12H2,1H3,(H,25,29). The lowest BCUT2D eigenvalue weighted by atomic mass is 10.2. The summed E-state index contributed by atoms with van der Waals surface area (Å²) < 4.78 is 41.2. The summed E-state index contributed by atoms with van der Waals surface area (Å²) in [5, 5.41) is 2.59. The number of hydrogen-bond donors (Lipinski definition) is 1. The smallest absolute Gasteiger partial charge is 0.325 e. The van der Waals surface area contributed by atoms with Gasteiger partial charge >= 0.3 is 6.18 Å². The largest absolute Gasteiger partial charge is 0.416 e. The molecule has 0 radical (unpaired) electrons. The molecule has 6 nitrogen and oxygen atoms in total. The van der Waals surface area contributed by atoms with Gasteiger partial charge in [0.25, 0.3) is 5.56 Å². The van der Waals surface area contributed by atoms with Gasteiger partial charge in [-0.2, -0.15) is 13.2 Å². The third-order valence-corrected chi connectivity index (χ3v) is 4.77. The van der Waals surface area contributed by atoms with Crippen LogP contribution in [0.5, 0.6) is 0 Å². The number of nitrogens with zero attached hydrogens (tertiary/aromatic N) is 3. The van der Waals surface area contributed by atoms with Crippen molar-refractivity contribution in [3.05, 3.63) is 76.2 Å². The number of anilines is 1. The molecule has 0 aliphatic heterocycles. The number of fused-ring (bicyclic) bond motifs is 3. The van der Waals surface area contributed by atoms with Crippen LogP contribution < -0.4 is 10.9 Å². The molecule has 0 spiro atoms. The lowest BCUT2D eigenvalue weighted by Gasteiger charge is -2.10. The summed E-state index contributed by atoms with van der Waals surface area (Å²) in [5.74, 6) is -0.114. The van der Waals surface area contributed by atoms with Crippen LogP contribution in [0.25, 0.3) is 16.8 Å². The van der Waals surface area contributed by atoms with Gasteiger partial charge in [-0.25, -0.2) is 9.38 Å². The number of amides is 1. The number of hydrogen-bond acceptors (Lipinski definition) is 3. The monoisotopic (exact) mass is 414 g/mol. The molecule has 1 N–H and O–H groups in total. The highest BCUT2D eigenvalue weighted by atomic mass is 19.4. The molecule has 2 aromatic carbocycles. The lowest BCUT2D eigenvalue weighted by molar-refractivity contribution is -0.137. The highest BCUT2D eigenvalue weighted by Crippen LogP contribution is 2.29. The van der Waals surface area contributed by atoms with Crippen molar-refractivity contribution in [3.8, 4) is 0 Å². The van der Waals surface area contributed by atoms with Crippen molar-refractivity contribution in [2.45, 2.75) is 26.1 Å². The van der Waals surface area contributed by atoms with Crippen molar-refractivity contribution in [1.82, 2.24) is 14.0 Å². The summed E-state index contributed by atoms with van der Waals surface area (Å²) in [7, 11) is 0. The lowest BCUT2D eigenvalue weighted by Crippen LogP contribution is -2.21. The number of benzene rings is 2. The fourth-order valence-corrected chi connectivity index (χ4v) is 3.34. The van der Waals surface area contributed by atoms with Crippen LogP contribution in [0, 0.1) is 0 Å². The van der Waals surface area contributed by atoms with Crippen molar-refractivity contribution in [2.24, 2.45) is 0 Å². The van der Waals surface area contributed by atoms with Crippen molar-refractivity contribution >= 4 is 28.4 Å². The Bertz CT molecular complexity index is 1300. The molecule has 9 heteroatoms. The van der Waals surface area contributed by atoms with Crippen molar-refractivity contribution in [3.63, 3.8) is 0 Å². The quantitative estimate of drug-likeness (QED) is 0.551. The Morgan fingerprint density at radius 1 is 1.07 bits per heavy atom. The van der Waals surface area contributed by atoms with E-state index in [1.807, 2.05) is 6.92 Å². The molecule has 154 valence electrons. The van der Waals surface area contributed by atoms with Crippen LogP contribution in [0.15, 0.2) is 59.4 Å². The summed E-state index contributed by atoms with van der Waals surface area (Å²) >= 11 is 0. The first-order valence-corrected chi connectivity index (χ1v) is 9.25. The van der Waals surface area contributed by atoms with E-state index < -0.39 is 17.6 Å². The van der Waals surface area contributed by atoms with E-state index >= 15 is 0 Å². The third kappa shape index (κ3) is 3.54. The number of imidazole rings is 1. The minimum Gasteiger partial charge on any atom is -0.325 e. The number of alkyl halides is 3. The number of carbonyl (C=O) groups excluding carboxylic acids is 1. The molecule has 2 heterocycles. The summed E-state index contributed by atoms with van der Waals surface area (Å²) in [4.78, 5) is 29.7. The molecule has 0 saturated heterocycles. The van der Waals surface area contributed by atoms with Gasteiger partial charge in [-0.3, -0.25) is 9.59 Å². The van der Waals surface area contributed by atoms with E-state index in [-0.39, 0.29) is 17.8 Å². The number of para-hydroxylation sites is 2. The first-order chi connectivity index (χ1) is 14.3.